The van der Waals surface area contributed by atoms with Crippen molar-refractivity contribution in [1.82, 2.24) is 4.98 Å². The summed E-state index contributed by atoms with van der Waals surface area (Å²) in [5, 5.41) is 0.829. The summed E-state index contributed by atoms with van der Waals surface area (Å²) in [5.74, 6) is 0.714. The fourth-order valence-electron chi connectivity index (χ4n) is 0.915. The number of nitrogens with two attached hydrogens (primary N) is 1. The summed E-state index contributed by atoms with van der Waals surface area (Å²) in [4.78, 5) is 4.16. The van der Waals surface area contributed by atoms with Gasteiger partial charge < -0.3 is 5.73 Å². The predicted molar refractivity (Wildman–Crippen MR) is 62.6 cm³/mol. The zero-order chi connectivity index (χ0) is 11.3. The van der Waals surface area contributed by atoms with Crippen LogP contribution in [-0.2, 0) is 16.4 Å². The molecule has 2 N–H and O–H groups in total. The van der Waals surface area contributed by atoms with Gasteiger partial charge in [0.15, 0.2) is 0 Å². The summed E-state index contributed by atoms with van der Waals surface area (Å²) >= 11 is 1.44. The summed E-state index contributed by atoms with van der Waals surface area (Å²) in [6.07, 6.45) is 2.95. The van der Waals surface area contributed by atoms with Crippen molar-refractivity contribution in [3.05, 3.63) is 23.9 Å². The molecule has 0 unspecified atom stereocenters. The number of rotatable bonds is 5. The smallest absolute Gasteiger partial charge is 0.148 e. The molecular formula is C9H14N2O2S2. The number of thioether (sulfide) groups is 1. The van der Waals surface area contributed by atoms with Gasteiger partial charge in [0.1, 0.15) is 9.84 Å². The molecule has 1 aromatic rings. The molecule has 0 fully saturated rings. The van der Waals surface area contributed by atoms with E-state index >= 15 is 0 Å². The van der Waals surface area contributed by atoms with Crippen LogP contribution in [0.1, 0.15) is 5.56 Å². The fraction of sp³-hybridized carbons (Fsp3) is 0.444. The SMILES string of the molecule is CS(=O)(=O)CCSc1ccc(CN)cn1. The zero-order valence-corrected chi connectivity index (χ0v) is 10.1. The first-order chi connectivity index (χ1) is 7.01. The lowest BCUT2D eigenvalue weighted by Crippen LogP contribution is -2.05. The quantitative estimate of drug-likeness (QED) is 0.773. The standard InChI is InChI=1S/C9H14N2O2S2/c1-15(12,13)5-4-14-9-3-2-8(6-10)7-11-9/h2-3,7H,4-6,10H2,1H3. The lowest BCUT2D eigenvalue weighted by Gasteiger charge is -2.01. The van der Waals surface area contributed by atoms with Crippen LogP contribution in [0.3, 0.4) is 0 Å². The lowest BCUT2D eigenvalue weighted by atomic mass is 10.3. The van der Waals surface area contributed by atoms with Crippen molar-refractivity contribution in [1.29, 1.82) is 0 Å². The molecule has 0 bridgehead atoms. The fourth-order valence-corrected chi connectivity index (χ4v) is 2.96. The van der Waals surface area contributed by atoms with Crippen molar-refractivity contribution in [2.75, 3.05) is 17.8 Å². The highest BCUT2D eigenvalue weighted by Gasteiger charge is 2.03. The van der Waals surface area contributed by atoms with Crippen LogP contribution in [0.25, 0.3) is 0 Å². The van der Waals surface area contributed by atoms with Crippen molar-refractivity contribution in [3.8, 4) is 0 Å². The Labute approximate surface area is 94.2 Å². The molecule has 0 aromatic carbocycles. The highest BCUT2D eigenvalue weighted by Crippen LogP contribution is 2.15. The minimum Gasteiger partial charge on any atom is -0.326 e. The molecule has 0 aliphatic heterocycles. The van der Waals surface area contributed by atoms with Gasteiger partial charge in [-0.2, -0.15) is 0 Å². The number of pyridine rings is 1. The lowest BCUT2D eigenvalue weighted by molar-refractivity contribution is 0.603. The Morgan fingerprint density at radius 3 is 2.67 bits per heavy atom. The zero-order valence-electron chi connectivity index (χ0n) is 8.51. The van der Waals surface area contributed by atoms with Crippen LogP contribution in [-0.4, -0.2) is 31.2 Å². The van der Waals surface area contributed by atoms with Gasteiger partial charge in [-0.25, -0.2) is 13.4 Å². The maximum atomic E-state index is 10.9. The van der Waals surface area contributed by atoms with E-state index in [0.29, 0.717) is 12.3 Å². The molecule has 0 spiro atoms. The third-order valence-corrected chi connectivity index (χ3v) is 3.89. The number of hydrogen-bond acceptors (Lipinski definition) is 5. The topological polar surface area (TPSA) is 73.0 Å². The summed E-state index contributed by atoms with van der Waals surface area (Å²) < 4.78 is 21.7. The molecule has 84 valence electrons. The summed E-state index contributed by atoms with van der Waals surface area (Å²) in [5.41, 5.74) is 6.41. The van der Waals surface area contributed by atoms with Crippen molar-refractivity contribution in [2.45, 2.75) is 11.6 Å². The summed E-state index contributed by atoms with van der Waals surface area (Å²) in [6.45, 7) is 0.473. The van der Waals surface area contributed by atoms with Crippen molar-refractivity contribution in [2.24, 2.45) is 5.73 Å². The third kappa shape index (κ3) is 5.15. The average molecular weight is 246 g/mol. The van der Waals surface area contributed by atoms with E-state index < -0.39 is 9.84 Å². The van der Waals surface area contributed by atoms with Gasteiger partial charge in [-0.1, -0.05) is 6.07 Å². The van der Waals surface area contributed by atoms with Gasteiger partial charge in [-0.15, -0.1) is 11.8 Å². The molecule has 0 saturated heterocycles. The molecule has 1 heterocycles. The van der Waals surface area contributed by atoms with Crippen LogP contribution in [0.15, 0.2) is 23.4 Å². The monoisotopic (exact) mass is 246 g/mol. The first kappa shape index (κ1) is 12.5. The Hall–Kier alpha value is -0.590. The molecule has 0 atom stereocenters. The van der Waals surface area contributed by atoms with Gasteiger partial charge in [0.25, 0.3) is 0 Å². The normalized spacial score (nSPS) is 11.6. The molecular weight excluding hydrogens is 232 g/mol. The maximum absolute atomic E-state index is 10.9. The molecule has 4 nitrogen and oxygen atoms in total. The third-order valence-electron chi connectivity index (χ3n) is 1.74. The average Bonchev–Trinajstić information content (AvgIpc) is 2.17. The van der Waals surface area contributed by atoms with Gasteiger partial charge in [0.05, 0.1) is 10.8 Å². The van der Waals surface area contributed by atoms with E-state index in [1.165, 1.54) is 18.0 Å². The van der Waals surface area contributed by atoms with Gasteiger partial charge in [0, 0.05) is 24.8 Å². The van der Waals surface area contributed by atoms with E-state index in [0.717, 1.165) is 10.6 Å². The number of hydrogen-bond donors (Lipinski definition) is 1. The molecule has 15 heavy (non-hydrogen) atoms. The van der Waals surface area contributed by atoms with Crippen LogP contribution >= 0.6 is 11.8 Å². The first-order valence-corrected chi connectivity index (χ1v) is 7.51. The van der Waals surface area contributed by atoms with Crippen LogP contribution in [0.4, 0.5) is 0 Å². The van der Waals surface area contributed by atoms with Crippen LogP contribution in [0, 0.1) is 0 Å². The second kappa shape index (κ2) is 5.48. The molecule has 1 rings (SSSR count). The largest absolute Gasteiger partial charge is 0.326 e. The Morgan fingerprint density at radius 2 is 2.20 bits per heavy atom. The summed E-state index contributed by atoms with van der Waals surface area (Å²) in [7, 11) is -2.88. The van der Waals surface area contributed by atoms with E-state index in [1.807, 2.05) is 12.1 Å². The number of sulfone groups is 1. The van der Waals surface area contributed by atoms with Gasteiger partial charge in [-0.3, -0.25) is 0 Å². The molecule has 0 aliphatic carbocycles. The van der Waals surface area contributed by atoms with Crippen molar-refractivity contribution < 1.29 is 8.42 Å². The van der Waals surface area contributed by atoms with Gasteiger partial charge in [-0.05, 0) is 11.6 Å². The van der Waals surface area contributed by atoms with Crippen LogP contribution < -0.4 is 5.73 Å². The van der Waals surface area contributed by atoms with Crippen molar-refractivity contribution >= 4 is 21.6 Å². The molecule has 6 heteroatoms. The van der Waals surface area contributed by atoms with Crippen LogP contribution in [0.2, 0.25) is 0 Å². The molecule has 0 radical (unpaired) electrons. The Morgan fingerprint density at radius 1 is 1.47 bits per heavy atom. The van der Waals surface area contributed by atoms with E-state index in [1.54, 1.807) is 6.20 Å². The van der Waals surface area contributed by atoms with Gasteiger partial charge in [0.2, 0.25) is 0 Å². The first-order valence-electron chi connectivity index (χ1n) is 4.47. The van der Waals surface area contributed by atoms with Crippen LogP contribution in [0.5, 0.6) is 0 Å². The Balaban J connectivity index is 2.45. The molecule has 1 aromatic heterocycles. The Kier molecular flexibility index (Phi) is 4.56. The highest BCUT2D eigenvalue weighted by atomic mass is 32.2. The predicted octanol–water partition coefficient (Wildman–Crippen LogP) is 0.677. The second-order valence-corrected chi connectivity index (χ2v) is 6.56. The molecule has 0 amide bonds. The van der Waals surface area contributed by atoms with Crippen molar-refractivity contribution in [3.63, 3.8) is 0 Å². The minimum absolute atomic E-state index is 0.179. The highest BCUT2D eigenvalue weighted by molar-refractivity contribution is 8.00. The van der Waals surface area contributed by atoms with E-state index in [4.69, 9.17) is 5.73 Å². The Bertz CT molecular complexity index is 401. The second-order valence-electron chi connectivity index (χ2n) is 3.19. The van der Waals surface area contributed by atoms with E-state index in [-0.39, 0.29) is 5.75 Å². The summed E-state index contributed by atoms with van der Waals surface area (Å²) in [6, 6.07) is 3.75. The maximum Gasteiger partial charge on any atom is 0.148 e. The van der Waals surface area contributed by atoms with E-state index in [9.17, 15) is 8.42 Å². The van der Waals surface area contributed by atoms with Gasteiger partial charge >= 0.3 is 0 Å². The molecule has 0 saturated carbocycles. The molecule has 0 aliphatic rings. The number of nitrogens with zero attached hydrogens (tertiary/aromatic N) is 1. The number of aromatic nitrogens is 1. The minimum atomic E-state index is -2.88. The van der Waals surface area contributed by atoms with E-state index in [2.05, 4.69) is 4.98 Å².